The Bertz CT molecular complexity index is 919. The molecule has 162 valence electrons. The molecular formula is C21H29N5O4. The molecule has 2 aromatic rings. The van der Waals surface area contributed by atoms with E-state index in [9.17, 15) is 9.59 Å². The van der Waals surface area contributed by atoms with E-state index in [4.69, 9.17) is 9.84 Å². The molecule has 2 fully saturated rings. The minimum absolute atomic E-state index is 0.0907. The lowest BCUT2D eigenvalue weighted by Crippen LogP contribution is -2.54. The van der Waals surface area contributed by atoms with Gasteiger partial charge in [-0.3, -0.25) is 4.79 Å². The third-order valence-electron chi connectivity index (χ3n) is 6.04. The van der Waals surface area contributed by atoms with Crippen molar-refractivity contribution >= 4 is 23.0 Å². The van der Waals surface area contributed by atoms with Gasteiger partial charge in [-0.2, -0.15) is 0 Å². The lowest BCUT2D eigenvalue weighted by molar-refractivity contribution is -0.136. The fourth-order valence-corrected chi connectivity index (χ4v) is 4.27. The maximum absolute atomic E-state index is 13.0. The number of morpholine rings is 1. The summed E-state index contributed by atoms with van der Waals surface area (Å²) in [6, 6.07) is 3.95. The van der Waals surface area contributed by atoms with Crippen LogP contribution in [-0.2, 0) is 21.6 Å². The van der Waals surface area contributed by atoms with Crippen molar-refractivity contribution in [3.63, 3.8) is 0 Å². The zero-order chi connectivity index (χ0) is 21.1. The highest BCUT2D eigenvalue weighted by Crippen LogP contribution is 2.47. The van der Waals surface area contributed by atoms with Crippen molar-refractivity contribution in [2.24, 2.45) is 5.92 Å². The molecule has 2 aromatic heterocycles. The van der Waals surface area contributed by atoms with Gasteiger partial charge in [0.1, 0.15) is 11.8 Å². The van der Waals surface area contributed by atoms with Crippen LogP contribution < -0.4 is 16.0 Å². The van der Waals surface area contributed by atoms with Gasteiger partial charge >= 0.3 is 6.09 Å². The second kappa shape index (κ2) is 8.61. The van der Waals surface area contributed by atoms with Gasteiger partial charge in [-0.25, -0.2) is 9.78 Å². The molecule has 0 radical (unpaired) electrons. The molecule has 0 bridgehead atoms. The normalized spacial score (nSPS) is 21.2. The number of ether oxygens (including phenoxy) is 1. The number of nitrogens with one attached hydrogen (secondary N) is 3. The lowest BCUT2D eigenvalue weighted by Gasteiger charge is -2.34. The highest BCUT2D eigenvalue weighted by Gasteiger charge is 2.46. The van der Waals surface area contributed by atoms with Crippen molar-refractivity contribution in [2.75, 3.05) is 26.2 Å². The van der Waals surface area contributed by atoms with Crippen molar-refractivity contribution in [3.05, 3.63) is 30.1 Å². The van der Waals surface area contributed by atoms with E-state index in [1.54, 1.807) is 6.20 Å². The molecule has 30 heavy (non-hydrogen) atoms. The number of carbonyl (C=O) groups excluding carboxylic acids is 1. The molecule has 9 heteroatoms. The highest BCUT2D eigenvalue weighted by atomic mass is 16.5. The number of hydrogen-bond acceptors (Lipinski definition) is 5. The van der Waals surface area contributed by atoms with Gasteiger partial charge in [0.15, 0.2) is 0 Å². The van der Waals surface area contributed by atoms with E-state index in [2.05, 4.69) is 38.6 Å². The van der Waals surface area contributed by atoms with Crippen LogP contribution in [-0.4, -0.2) is 59.0 Å². The van der Waals surface area contributed by atoms with E-state index < -0.39 is 17.7 Å². The van der Waals surface area contributed by atoms with Crippen LogP contribution in [0.3, 0.4) is 0 Å². The molecular weight excluding hydrogens is 386 g/mol. The Morgan fingerprint density at radius 1 is 1.43 bits per heavy atom. The maximum atomic E-state index is 13.0. The first-order valence-corrected chi connectivity index (χ1v) is 10.5. The predicted molar refractivity (Wildman–Crippen MR) is 111 cm³/mol. The SMILES string of the molecule is C[C@](NC(=O)[C@H]1CNCCO1)(c1cn(CCCNC(=O)O)c2ncccc12)C1CC1. The Morgan fingerprint density at radius 3 is 2.97 bits per heavy atom. The topological polar surface area (TPSA) is 118 Å². The number of carbonyl (C=O) groups is 2. The van der Waals surface area contributed by atoms with Crippen LogP contribution in [0.2, 0.25) is 0 Å². The Kier molecular flexibility index (Phi) is 5.92. The van der Waals surface area contributed by atoms with Crippen molar-refractivity contribution in [1.82, 2.24) is 25.5 Å². The summed E-state index contributed by atoms with van der Waals surface area (Å²) >= 11 is 0. The van der Waals surface area contributed by atoms with Crippen molar-refractivity contribution in [2.45, 2.75) is 44.4 Å². The molecule has 2 atom stereocenters. The number of aryl methyl sites for hydroxylation is 1. The number of amides is 2. The fraction of sp³-hybridized carbons (Fsp3) is 0.571. The first kappa shape index (κ1) is 20.6. The average Bonchev–Trinajstić information content (AvgIpc) is 3.54. The lowest BCUT2D eigenvalue weighted by atomic mass is 9.86. The van der Waals surface area contributed by atoms with Crippen LogP contribution in [0.5, 0.6) is 0 Å². The molecule has 0 spiro atoms. The third-order valence-corrected chi connectivity index (χ3v) is 6.04. The largest absolute Gasteiger partial charge is 0.465 e. The van der Waals surface area contributed by atoms with Crippen LogP contribution in [0.4, 0.5) is 4.79 Å². The van der Waals surface area contributed by atoms with Crippen LogP contribution in [0.25, 0.3) is 11.0 Å². The molecule has 0 aromatic carbocycles. The van der Waals surface area contributed by atoms with Gasteiger partial charge in [-0.05, 0) is 44.2 Å². The molecule has 1 saturated heterocycles. The summed E-state index contributed by atoms with van der Waals surface area (Å²) in [4.78, 5) is 28.2. The van der Waals surface area contributed by atoms with E-state index in [1.807, 2.05) is 12.1 Å². The number of fused-ring (bicyclic) bond motifs is 1. The van der Waals surface area contributed by atoms with Crippen LogP contribution in [0.1, 0.15) is 31.7 Å². The highest BCUT2D eigenvalue weighted by molar-refractivity contribution is 5.86. The Morgan fingerprint density at radius 2 is 2.27 bits per heavy atom. The standard InChI is InChI=1S/C21H29N5O4/c1-21(14-5-6-14,25-19(27)17-12-22-9-11-30-17)16-13-26(10-3-8-24-20(28)29)18-15(16)4-2-7-23-18/h2,4,7,13-14,17,22,24H,3,5-6,8-12H2,1H3,(H,25,27)(H,28,29)/t17-,21-/m1/s1. The molecule has 1 aliphatic heterocycles. The van der Waals surface area contributed by atoms with E-state index in [1.165, 1.54) is 0 Å². The number of rotatable bonds is 8. The summed E-state index contributed by atoms with van der Waals surface area (Å²) in [5, 5.41) is 18.7. The first-order valence-electron chi connectivity index (χ1n) is 10.5. The summed E-state index contributed by atoms with van der Waals surface area (Å²) in [6.07, 6.45) is 5.11. The molecule has 1 saturated carbocycles. The molecule has 9 nitrogen and oxygen atoms in total. The van der Waals surface area contributed by atoms with Crippen molar-refractivity contribution in [1.29, 1.82) is 0 Å². The Labute approximate surface area is 175 Å². The Balaban J connectivity index is 1.60. The monoisotopic (exact) mass is 415 g/mol. The van der Waals surface area contributed by atoms with E-state index in [-0.39, 0.29) is 5.91 Å². The van der Waals surface area contributed by atoms with Crippen molar-refractivity contribution in [3.8, 4) is 0 Å². The average molecular weight is 415 g/mol. The minimum atomic E-state index is -1.02. The van der Waals surface area contributed by atoms with Crippen molar-refractivity contribution < 1.29 is 19.4 Å². The summed E-state index contributed by atoms with van der Waals surface area (Å²) in [5.74, 6) is 0.276. The van der Waals surface area contributed by atoms with Gasteiger partial charge in [-0.1, -0.05) is 0 Å². The minimum Gasteiger partial charge on any atom is -0.465 e. The van der Waals surface area contributed by atoms with Gasteiger partial charge in [0.2, 0.25) is 0 Å². The summed E-state index contributed by atoms with van der Waals surface area (Å²) in [5.41, 5.74) is 1.39. The van der Waals surface area contributed by atoms with Gasteiger partial charge in [0, 0.05) is 49.5 Å². The molecule has 0 unspecified atom stereocenters. The number of hydrogen-bond donors (Lipinski definition) is 4. The van der Waals surface area contributed by atoms with Gasteiger partial charge in [-0.15, -0.1) is 0 Å². The van der Waals surface area contributed by atoms with E-state index >= 15 is 0 Å². The smallest absolute Gasteiger partial charge is 0.404 e. The fourth-order valence-electron chi connectivity index (χ4n) is 4.27. The second-order valence-corrected chi connectivity index (χ2v) is 8.23. The van der Waals surface area contributed by atoms with Crippen LogP contribution in [0, 0.1) is 5.92 Å². The number of aromatic nitrogens is 2. The maximum Gasteiger partial charge on any atom is 0.404 e. The van der Waals surface area contributed by atoms with Crippen LogP contribution >= 0.6 is 0 Å². The zero-order valence-electron chi connectivity index (χ0n) is 17.2. The molecule has 1 aliphatic carbocycles. The predicted octanol–water partition coefficient (Wildman–Crippen LogP) is 1.42. The molecule has 4 N–H and O–H groups in total. The van der Waals surface area contributed by atoms with Gasteiger partial charge in [0.25, 0.3) is 5.91 Å². The molecule has 2 aliphatic rings. The van der Waals surface area contributed by atoms with E-state index in [0.717, 1.165) is 36.0 Å². The number of carboxylic acid groups (broad SMARTS) is 1. The molecule has 3 heterocycles. The van der Waals surface area contributed by atoms with E-state index in [0.29, 0.717) is 38.6 Å². The third kappa shape index (κ3) is 4.27. The summed E-state index contributed by atoms with van der Waals surface area (Å²) in [6.45, 7) is 4.92. The first-order chi connectivity index (χ1) is 14.5. The Hall–Kier alpha value is -2.65. The summed E-state index contributed by atoms with van der Waals surface area (Å²) < 4.78 is 7.71. The number of nitrogens with zero attached hydrogens (tertiary/aromatic N) is 2. The van der Waals surface area contributed by atoms with Gasteiger partial charge in [0.05, 0.1) is 12.1 Å². The van der Waals surface area contributed by atoms with Crippen LogP contribution in [0.15, 0.2) is 24.5 Å². The van der Waals surface area contributed by atoms with Gasteiger partial charge < -0.3 is 30.4 Å². The molecule has 2 amide bonds. The molecule has 4 rings (SSSR count). The second-order valence-electron chi connectivity index (χ2n) is 8.23. The quantitative estimate of drug-likeness (QED) is 0.485. The zero-order valence-corrected chi connectivity index (χ0v) is 17.2. The number of pyridine rings is 1. The summed E-state index contributed by atoms with van der Waals surface area (Å²) in [7, 11) is 0.